The molecule has 3 heteroatoms. The summed E-state index contributed by atoms with van der Waals surface area (Å²) >= 11 is 7.59. The van der Waals surface area contributed by atoms with Crippen LogP contribution in [-0.4, -0.2) is 0 Å². The molecule has 78 valence electrons. The minimum absolute atomic E-state index is 0.503. The van der Waals surface area contributed by atoms with Gasteiger partial charge in [0.1, 0.15) is 6.07 Å². The van der Waals surface area contributed by atoms with Crippen LogP contribution in [0, 0.1) is 11.3 Å². The van der Waals surface area contributed by atoms with Crippen molar-refractivity contribution >= 4 is 23.4 Å². The Morgan fingerprint density at radius 1 is 1.00 bits per heavy atom. The van der Waals surface area contributed by atoms with E-state index in [2.05, 4.69) is 0 Å². The maximum absolute atomic E-state index is 8.76. The molecule has 0 atom stereocenters. The minimum atomic E-state index is 0.503. The predicted molar refractivity (Wildman–Crippen MR) is 66.7 cm³/mol. The van der Waals surface area contributed by atoms with E-state index in [1.807, 2.05) is 48.5 Å². The second-order valence-corrected chi connectivity index (χ2v) is 4.72. The summed E-state index contributed by atoms with van der Waals surface area (Å²) in [6.07, 6.45) is 0. The number of nitrogens with zero attached hydrogens (tertiary/aromatic N) is 1. The first-order valence-corrected chi connectivity index (χ1v) is 5.91. The largest absolute Gasteiger partial charge is 0.192 e. The quantitative estimate of drug-likeness (QED) is 0.785. The molecule has 0 aliphatic carbocycles. The SMILES string of the molecule is N#Cc1ccc(Sc2ccccc2)cc1Cl. The molecule has 0 radical (unpaired) electrons. The first-order valence-electron chi connectivity index (χ1n) is 4.72. The highest BCUT2D eigenvalue weighted by Crippen LogP contribution is 2.30. The molecule has 0 saturated heterocycles. The molecule has 0 aromatic heterocycles. The van der Waals surface area contributed by atoms with Crippen LogP contribution >= 0.6 is 23.4 Å². The van der Waals surface area contributed by atoms with Gasteiger partial charge < -0.3 is 0 Å². The first-order chi connectivity index (χ1) is 7.79. The predicted octanol–water partition coefficient (Wildman–Crippen LogP) is 4.36. The fraction of sp³-hybridized carbons (Fsp3) is 0. The Labute approximate surface area is 104 Å². The molecule has 2 rings (SSSR count). The van der Waals surface area contributed by atoms with Crippen LogP contribution in [0.5, 0.6) is 0 Å². The molecule has 1 nitrogen and oxygen atoms in total. The second kappa shape index (κ2) is 5.07. The summed E-state index contributed by atoms with van der Waals surface area (Å²) in [6.45, 7) is 0. The lowest BCUT2D eigenvalue weighted by molar-refractivity contribution is 1.39. The lowest BCUT2D eigenvalue weighted by atomic mass is 10.2. The summed E-state index contributed by atoms with van der Waals surface area (Å²) in [7, 11) is 0. The van der Waals surface area contributed by atoms with Crippen LogP contribution in [-0.2, 0) is 0 Å². The van der Waals surface area contributed by atoms with Crippen LogP contribution in [0.4, 0.5) is 0 Å². The first kappa shape index (κ1) is 11.1. The fourth-order valence-electron chi connectivity index (χ4n) is 1.27. The Kier molecular flexibility index (Phi) is 3.51. The van der Waals surface area contributed by atoms with Gasteiger partial charge in [-0.1, -0.05) is 41.6 Å². The van der Waals surface area contributed by atoms with E-state index in [0.717, 1.165) is 9.79 Å². The summed E-state index contributed by atoms with van der Waals surface area (Å²) < 4.78 is 0. The van der Waals surface area contributed by atoms with Crippen molar-refractivity contribution in [1.82, 2.24) is 0 Å². The van der Waals surface area contributed by atoms with Crippen molar-refractivity contribution in [1.29, 1.82) is 5.26 Å². The lowest BCUT2D eigenvalue weighted by Crippen LogP contribution is -1.78. The molecular weight excluding hydrogens is 238 g/mol. The zero-order chi connectivity index (χ0) is 11.4. The Hall–Kier alpha value is -1.43. The smallest absolute Gasteiger partial charge is 0.101 e. The van der Waals surface area contributed by atoms with Crippen molar-refractivity contribution in [2.45, 2.75) is 9.79 Å². The minimum Gasteiger partial charge on any atom is -0.192 e. The van der Waals surface area contributed by atoms with Crippen LogP contribution in [0.3, 0.4) is 0 Å². The maximum Gasteiger partial charge on any atom is 0.101 e. The van der Waals surface area contributed by atoms with E-state index in [-0.39, 0.29) is 0 Å². The number of benzene rings is 2. The van der Waals surface area contributed by atoms with Gasteiger partial charge in [0, 0.05) is 9.79 Å². The van der Waals surface area contributed by atoms with Gasteiger partial charge in [0.05, 0.1) is 10.6 Å². The van der Waals surface area contributed by atoms with Crippen LogP contribution in [0.1, 0.15) is 5.56 Å². The standard InChI is InChI=1S/C13H8ClNS/c14-13-8-12(7-6-10(13)9-15)16-11-4-2-1-3-5-11/h1-8H. The molecule has 0 saturated carbocycles. The van der Waals surface area contributed by atoms with Crippen molar-refractivity contribution in [2.24, 2.45) is 0 Å². The monoisotopic (exact) mass is 245 g/mol. The van der Waals surface area contributed by atoms with Gasteiger partial charge in [-0.2, -0.15) is 5.26 Å². The van der Waals surface area contributed by atoms with E-state index in [1.54, 1.807) is 17.8 Å². The Bertz CT molecular complexity index is 531. The van der Waals surface area contributed by atoms with E-state index >= 15 is 0 Å². The topological polar surface area (TPSA) is 23.8 Å². The molecule has 0 amide bonds. The average molecular weight is 246 g/mol. The van der Waals surface area contributed by atoms with Crippen molar-refractivity contribution in [3.05, 3.63) is 59.1 Å². The zero-order valence-electron chi connectivity index (χ0n) is 8.35. The zero-order valence-corrected chi connectivity index (χ0v) is 9.92. The number of hydrogen-bond acceptors (Lipinski definition) is 2. The van der Waals surface area contributed by atoms with Crippen LogP contribution in [0.15, 0.2) is 58.3 Å². The Morgan fingerprint density at radius 2 is 1.75 bits per heavy atom. The highest BCUT2D eigenvalue weighted by Gasteiger charge is 2.02. The summed E-state index contributed by atoms with van der Waals surface area (Å²) in [5.41, 5.74) is 0.513. The number of hydrogen-bond donors (Lipinski definition) is 0. The molecule has 0 unspecified atom stereocenters. The lowest BCUT2D eigenvalue weighted by Gasteiger charge is -2.02. The van der Waals surface area contributed by atoms with Crippen molar-refractivity contribution < 1.29 is 0 Å². The van der Waals surface area contributed by atoms with Crippen molar-refractivity contribution in [2.75, 3.05) is 0 Å². The molecule has 2 aromatic rings. The number of halogens is 1. The number of rotatable bonds is 2. The Balaban J connectivity index is 2.24. The second-order valence-electron chi connectivity index (χ2n) is 3.17. The third-order valence-corrected chi connectivity index (χ3v) is 3.35. The van der Waals surface area contributed by atoms with Gasteiger partial charge in [-0.3, -0.25) is 0 Å². The van der Waals surface area contributed by atoms with Gasteiger partial charge in [-0.25, -0.2) is 0 Å². The molecule has 0 spiro atoms. The maximum atomic E-state index is 8.76. The van der Waals surface area contributed by atoms with Gasteiger partial charge in [0.2, 0.25) is 0 Å². The summed E-state index contributed by atoms with van der Waals surface area (Å²) in [5.74, 6) is 0. The molecule has 0 aliphatic heterocycles. The molecule has 16 heavy (non-hydrogen) atoms. The summed E-state index contributed by atoms with van der Waals surface area (Å²) in [4.78, 5) is 2.19. The molecule has 0 heterocycles. The third kappa shape index (κ3) is 2.57. The van der Waals surface area contributed by atoms with E-state index in [1.165, 1.54) is 0 Å². The van der Waals surface area contributed by atoms with E-state index in [9.17, 15) is 0 Å². The van der Waals surface area contributed by atoms with Gasteiger partial charge in [0.15, 0.2) is 0 Å². The highest BCUT2D eigenvalue weighted by atomic mass is 35.5. The third-order valence-electron chi connectivity index (χ3n) is 2.04. The van der Waals surface area contributed by atoms with E-state index in [0.29, 0.717) is 10.6 Å². The number of nitriles is 1. The average Bonchev–Trinajstić information content (AvgIpc) is 2.31. The van der Waals surface area contributed by atoms with Gasteiger partial charge in [-0.15, -0.1) is 0 Å². The van der Waals surface area contributed by atoms with E-state index in [4.69, 9.17) is 16.9 Å². The van der Waals surface area contributed by atoms with Crippen LogP contribution < -0.4 is 0 Å². The molecule has 0 aliphatic rings. The van der Waals surface area contributed by atoms with Gasteiger partial charge in [-0.05, 0) is 30.3 Å². The fourth-order valence-corrected chi connectivity index (χ4v) is 2.44. The summed E-state index contributed by atoms with van der Waals surface area (Å²) in [6, 6.07) is 17.6. The molecule has 2 aromatic carbocycles. The van der Waals surface area contributed by atoms with Crippen LogP contribution in [0.2, 0.25) is 5.02 Å². The molecule has 0 bridgehead atoms. The van der Waals surface area contributed by atoms with Crippen molar-refractivity contribution in [3.63, 3.8) is 0 Å². The molecule has 0 N–H and O–H groups in total. The van der Waals surface area contributed by atoms with Gasteiger partial charge in [0.25, 0.3) is 0 Å². The van der Waals surface area contributed by atoms with E-state index < -0.39 is 0 Å². The van der Waals surface area contributed by atoms with Gasteiger partial charge >= 0.3 is 0 Å². The Morgan fingerprint density at radius 3 is 2.38 bits per heavy atom. The van der Waals surface area contributed by atoms with Crippen molar-refractivity contribution in [3.8, 4) is 6.07 Å². The molecular formula is C13H8ClNS. The van der Waals surface area contributed by atoms with Crippen LogP contribution in [0.25, 0.3) is 0 Å². The normalized spacial score (nSPS) is 9.75. The highest BCUT2D eigenvalue weighted by molar-refractivity contribution is 7.99. The summed E-state index contributed by atoms with van der Waals surface area (Å²) in [5, 5.41) is 9.26. The molecule has 0 fully saturated rings.